The second kappa shape index (κ2) is 14.0. The Morgan fingerprint density at radius 2 is 1.23 bits per heavy atom. The number of aliphatic carboxylic acids is 1. The van der Waals surface area contributed by atoms with E-state index >= 15 is 0 Å². The van der Waals surface area contributed by atoms with Crippen molar-refractivity contribution in [1.82, 2.24) is 16.0 Å². The van der Waals surface area contributed by atoms with Crippen molar-refractivity contribution in [2.45, 2.75) is 96.7 Å². The topological polar surface area (TPSA) is 174 Å². The first-order valence-electron chi connectivity index (χ1n) is 12.1. The van der Waals surface area contributed by atoms with Crippen molar-refractivity contribution in [2.24, 2.45) is 11.3 Å². The highest BCUT2D eigenvalue weighted by Gasteiger charge is 2.69. The van der Waals surface area contributed by atoms with Gasteiger partial charge in [0.25, 0.3) is 0 Å². The van der Waals surface area contributed by atoms with E-state index in [9.17, 15) is 34.5 Å². The summed E-state index contributed by atoms with van der Waals surface area (Å²) in [6.45, 7) is 9.10. The van der Waals surface area contributed by atoms with Crippen LogP contribution in [0.2, 0.25) is 0 Å². The van der Waals surface area contributed by atoms with Gasteiger partial charge >= 0.3 is 11.9 Å². The summed E-state index contributed by atoms with van der Waals surface area (Å²) in [5, 5.41) is 39.7. The fraction of sp³-hybridized carbons (Fsp3) is 0.833. The summed E-state index contributed by atoms with van der Waals surface area (Å²) < 4.78 is 5.72. The first kappa shape index (κ1) is 33.1. The van der Waals surface area contributed by atoms with E-state index in [0.717, 1.165) is 0 Å². The predicted molar refractivity (Wildman–Crippen MR) is 131 cm³/mol. The Labute approximate surface area is 208 Å². The number of Topliss-reactive ketones (excluding diaryl/α,β-unsaturated/α-hetero) is 2. The third-order valence-electron chi connectivity index (χ3n) is 6.77. The number of carboxylic acids is 1. The highest BCUT2D eigenvalue weighted by molar-refractivity contribution is 6.15. The maximum atomic E-state index is 14.0. The molecule has 0 radical (unpaired) electrons. The average Bonchev–Trinajstić information content (AvgIpc) is 2.79. The lowest BCUT2D eigenvalue weighted by Gasteiger charge is -2.48. The van der Waals surface area contributed by atoms with Crippen LogP contribution in [0, 0.1) is 11.3 Å². The molecule has 11 nitrogen and oxygen atoms in total. The number of aliphatic hydroxyl groups is 2. The molecule has 3 unspecified atom stereocenters. The number of hydrogen-bond acceptors (Lipinski definition) is 10. The van der Waals surface area contributed by atoms with E-state index < -0.39 is 77.7 Å². The number of esters is 1. The number of nitrogens with one attached hydrogen (secondary N) is 3. The molecular weight excluding hydrogens is 458 g/mol. The molecule has 0 amide bonds. The molecule has 0 aliphatic carbocycles. The first-order chi connectivity index (χ1) is 16.1. The molecule has 0 aliphatic rings. The van der Waals surface area contributed by atoms with Gasteiger partial charge in [0.15, 0.2) is 11.6 Å². The van der Waals surface area contributed by atoms with Gasteiger partial charge in [-0.3, -0.25) is 14.4 Å². The van der Waals surface area contributed by atoms with Crippen molar-refractivity contribution in [3.8, 4) is 0 Å². The molecule has 0 bridgehead atoms. The molecule has 0 spiro atoms. The summed E-state index contributed by atoms with van der Waals surface area (Å²) in [6.07, 6.45) is -3.53. The Hall–Kier alpha value is -1.92. The predicted octanol–water partition coefficient (Wildman–Crippen LogP) is -0.131. The highest BCUT2D eigenvalue weighted by Crippen LogP contribution is 2.46. The van der Waals surface area contributed by atoms with Crippen LogP contribution in [0.3, 0.4) is 0 Å². The fourth-order valence-electron chi connectivity index (χ4n) is 4.47. The lowest BCUT2D eigenvalue weighted by atomic mass is 9.58. The van der Waals surface area contributed by atoms with Crippen molar-refractivity contribution in [3.63, 3.8) is 0 Å². The van der Waals surface area contributed by atoms with Gasteiger partial charge in [-0.05, 0) is 61.2 Å². The smallest absolute Gasteiger partial charge is 0.349 e. The quantitative estimate of drug-likeness (QED) is 0.115. The van der Waals surface area contributed by atoms with E-state index in [4.69, 9.17) is 4.74 Å². The SMILES string of the molecule is CC[C@H](C)[C@H](NC)C(=O)OC(CC(C)O)(C(=O)O)C(CC(C)O)(C(=O)[C@@H](C)NC)C(=O)[C@@H](C)NC. The first-order valence-corrected chi connectivity index (χ1v) is 12.1. The van der Waals surface area contributed by atoms with Gasteiger partial charge in [-0.15, -0.1) is 0 Å². The molecule has 0 fully saturated rings. The standard InChI is InChI=1S/C24H45N3O8/c1-10-13(2)18(27-9)21(32)35-24(22(33)34,12-15(4)29)23(11-14(3)28,19(30)16(5)25-7)20(31)17(6)26-8/h13-18,25-29H,10-12H2,1-9H3,(H,33,34)/t13-,14?,15?,16+,17+,18-,24?/m0/s1. The van der Waals surface area contributed by atoms with Crippen LogP contribution in [-0.2, 0) is 23.9 Å². The Morgan fingerprint density at radius 3 is 1.51 bits per heavy atom. The number of ketones is 2. The molecule has 6 N–H and O–H groups in total. The number of carboxylic acid groups (broad SMARTS) is 1. The zero-order chi connectivity index (χ0) is 27.7. The number of hydrogen-bond donors (Lipinski definition) is 6. The van der Waals surface area contributed by atoms with E-state index in [0.29, 0.717) is 6.42 Å². The second-order valence-electron chi connectivity index (χ2n) is 9.47. The Balaban J connectivity index is 7.60. The van der Waals surface area contributed by atoms with Gasteiger partial charge < -0.3 is 36.0 Å². The van der Waals surface area contributed by atoms with E-state index in [-0.39, 0.29) is 5.92 Å². The number of carbonyl (C=O) groups excluding carboxylic acids is 3. The van der Waals surface area contributed by atoms with Crippen LogP contribution >= 0.6 is 0 Å². The van der Waals surface area contributed by atoms with Crippen molar-refractivity contribution >= 4 is 23.5 Å². The molecule has 0 aliphatic heterocycles. The zero-order valence-corrected chi connectivity index (χ0v) is 22.5. The lowest BCUT2D eigenvalue weighted by Crippen LogP contribution is -2.70. The van der Waals surface area contributed by atoms with Crippen molar-refractivity contribution in [1.29, 1.82) is 0 Å². The van der Waals surface area contributed by atoms with E-state index in [1.807, 2.05) is 6.92 Å². The summed E-state index contributed by atoms with van der Waals surface area (Å²) in [5.41, 5.74) is -5.33. The molecule has 7 atom stereocenters. The van der Waals surface area contributed by atoms with E-state index in [1.54, 1.807) is 6.92 Å². The fourth-order valence-corrected chi connectivity index (χ4v) is 4.47. The Kier molecular flexibility index (Phi) is 13.2. The van der Waals surface area contributed by atoms with Gasteiger partial charge in [0.1, 0.15) is 11.5 Å². The number of ether oxygens (including phenoxy) is 1. The van der Waals surface area contributed by atoms with Crippen LogP contribution in [0.25, 0.3) is 0 Å². The zero-order valence-electron chi connectivity index (χ0n) is 22.5. The lowest BCUT2D eigenvalue weighted by molar-refractivity contribution is -0.209. The maximum absolute atomic E-state index is 14.0. The minimum atomic E-state index is -2.80. The maximum Gasteiger partial charge on any atom is 0.349 e. The minimum Gasteiger partial charge on any atom is -0.478 e. The summed E-state index contributed by atoms with van der Waals surface area (Å²) in [4.78, 5) is 54.4. The van der Waals surface area contributed by atoms with Gasteiger partial charge in [-0.1, -0.05) is 20.3 Å². The number of carbonyl (C=O) groups is 4. The highest BCUT2D eigenvalue weighted by atomic mass is 16.6. The summed E-state index contributed by atoms with van der Waals surface area (Å²) in [7, 11) is 4.44. The van der Waals surface area contributed by atoms with Crippen molar-refractivity contribution in [3.05, 3.63) is 0 Å². The molecular formula is C24H45N3O8. The van der Waals surface area contributed by atoms with Crippen LogP contribution in [0.1, 0.15) is 60.8 Å². The van der Waals surface area contributed by atoms with Gasteiger partial charge in [0.05, 0.1) is 24.3 Å². The summed E-state index contributed by atoms with van der Waals surface area (Å²) >= 11 is 0. The monoisotopic (exact) mass is 503 g/mol. The molecule has 0 heterocycles. The molecule has 35 heavy (non-hydrogen) atoms. The van der Waals surface area contributed by atoms with Crippen LogP contribution in [0.4, 0.5) is 0 Å². The normalized spacial score (nSPS) is 18.9. The molecule has 0 saturated carbocycles. The number of likely N-dealkylation sites (N-methyl/N-ethyl adjacent to an activating group) is 3. The van der Waals surface area contributed by atoms with E-state index in [2.05, 4.69) is 16.0 Å². The number of aliphatic hydroxyl groups excluding tert-OH is 2. The molecule has 0 aromatic carbocycles. The molecule has 0 aromatic rings. The Bertz CT molecular complexity index is 720. The van der Waals surface area contributed by atoms with Gasteiger partial charge in [0.2, 0.25) is 5.60 Å². The van der Waals surface area contributed by atoms with E-state index in [1.165, 1.54) is 48.8 Å². The molecule has 11 heteroatoms. The number of rotatable bonds is 17. The van der Waals surface area contributed by atoms with Gasteiger partial charge in [-0.25, -0.2) is 4.79 Å². The van der Waals surface area contributed by atoms with Crippen LogP contribution in [0.15, 0.2) is 0 Å². The summed E-state index contributed by atoms with van der Waals surface area (Å²) in [6, 6.07) is -3.02. The largest absolute Gasteiger partial charge is 0.478 e. The Morgan fingerprint density at radius 1 is 0.800 bits per heavy atom. The van der Waals surface area contributed by atoms with Crippen LogP contribution in [0.5, 0.6) is 0 Å². The van der Waals surface area contributed by atoms with Crippen molar-refractivity contribution < 1.29 is 39.2 Å². The van der Waals surface area contributed by atoms with Crippen LogP contribution in [-0.4, -0.2) is 95.9 Å². The van der Waals surface area contributed by atoms with Gasteiger partial charge in [-0.2, -0.15) is 0 Å². The average molecular weight is 504 g/mol. The molecule has 0 saturated heterocycles. The third kappa shape index (κ3) is 7.07. The van der Waals surface area contributed by atoms with Crippen LogP contribution < -0.4 is 16.0 Å². The third-order valence-corrected chi connectivity index (χ3v) is 6.77. The minimum absolute atomic E-state index is 0.268. The molecule has 0 aromatic heterocycles. The summed E-state index contributed by atoms with van der Waals surface area (Å²) in [5.74, 6) is -4.74. The van der Waals surface area contributed by atoms with Gasteiger partial charge in [0, 0.05) is 6.42 Å². The molecule has 204 valence electrons. The van der Waals surface area contributed by atoms with Crippen molar-refractivity contribution in [2.75, 3.05) is 21.1 Å². The molecule has 0 rings (SSSR count). The second-order valence-corrected chi connectivity index (χ2v) is 9.47.